The van der Waals surface area contributed by atoms with Gasteiger partial charge in [-0.15, -0.1) is 0 Å². The minimum absolute atomic E-state index is 0.101. The Kier molecular flexibility index (Phi) is 5.19. The van der Waals surface area contributed by atoms with Gasteiger partial charge in [0.2, 0.25) is 0 Å². The largest absolute Gasteiger partial charge is 0.347 e. The standard InChI is InChI=1S/C13H14BrN3O2S/c1-10-9-11(17(18)19)3-4-12(10)15-13-16(6-2-5-14)7-8-20-13/h2-5,9H,6-8H2,1H3/b5-2-,15-13?. The molecule has 1 fully saturated rings. The van der Waals surface area contributed by atoms with Gasteiger partial charge in [-0.25, -0.2) is 4.99 Å². The Labute approximate surface area is 130 Å². The van der Waals surface area contributed by atoms with Crippen LogP contribution in [0.25, 0.3) is 0 Å². The quantitative estimate of drug-likeness (QED) is 0.607. The molecule has 1 saturated heterocycles. The molecule has 0 radical (unpaired) electrons. The second kappa shape index (κ2) is 6.90. The van der Waals surface area contributed by atoms with Gasteiger partial charge in [0, 0.05) is 31.0 Å². The highest BCUT2D eigenvalue weighted by atomic mass is 79.9. The van der Waals surface area contributed by atoms with E-state index in [-0.39, 0.29) is 10.6 Å². The molecule has 0 unspecified atom stereocenters. The molecule has 1 heterocycles. The van der Waals surface area contributed by atoms with Gasteiger partial charge in [0.05, 0.1) is 10.6 Å². The average Bonchev–Trinajstić information content (AvgIpc) is 2.85. The van der Waals surface area contributed by atoms with E-state index in [1.807, 2.05) is 18.0 Å². The SMILES string of the molecule is Cc1cc([N+](=O)[O-])ccc1N=C1SCCN1C/C=C\Br. The van der Waals surface area contributed by atoms with E-state index in [1.165, 1.54) is 6.07 Å². The fourth-order valence-corrected chi connectivity index (χ4v) is 3.03. The third-order valence-corrected chi connectivity index (χ3v) is 4.25. The Balaban J connectivity index is 2.23. The van der Waals surface area contributed by atoms with E-state index in [2.05, 4.69) is 25.8 Å². The number of hydrogen-bond acceptors (Lipinski definition) is 4. The highest BCUT2D eigenvalue weighted by Gasteiger charge is 2.18. The molecular formula is C13H14BrN3O2S. The number of non-ortho nitro benzene ring substituents is 1. The summed E-state index contributed by atoms with van der Waals surface area (Å²) in [6.07, 6.45) is 2.02. The lowest BCUT2D eigenvalue weighted by atomic mass is 10.2. The second-order valence-electron chi connectivity index (χ2n) is 4.28. The molecule has 1 aliphatic heterocycles. The maximum absolute atomic E-state index is 10.7. The molecule has 0 aromatic heterocycles. The third kappa shape index (κ3) is 3.61. The van der Waals surface area contributed by atoms with Crippen molar-refractivity contribution < 1.29 is 4.92 Å². The summed E-state index contributed by atoms with van der Waals surface area (Å²) in [6, 6.07) is 4.76. The van der Waals surface area contributed by atoms with Crippen LogP contribution in [-0.4, -0.2) is 33.8 Å². The van der Waals surface area contributed by atoms with Crippen molar-refractivity contribution in [2.45, 2.75) is 6.92 Å². The molecule has 1 aromatic carbocycles. The van der Waals surface area contributed by atoms with Crippen molar-refractivity contribution in [2.75, 3.05) is 18.8 Å². The van der Waals surface area contributed by atoms with Crippen LogP contribution < -0.4 is 0 Å². The highest BCUT2D eigenvalue weighted by Crippen LogP contribution is 2.27. The van der Waals surface area contributed by atoms with Crippen molar-refractivity contribution >= 4 is 44.2 Å². The number of amidine groups is 1. The van der Waals surface area contributed by atoms with Crippen molar-refractivity contribution in [3.8, 4) is 0 Å². The Morgan fingerprint density at radius 2 is 2.40 bits per heavy atom. The minimum Gasteiger partial charge on any atom is -0.347 e. The summed E-state index contributed by atoms with van der Waals surface area (Å²) in [7, 11) is 0. The van der Waals surface area contributed by atoms with Gasteiger partial charge in [0.1, 0.15) is 0 Å². The first-order valence-electron chi connectivity index (χ1n) is 6.08. The van der Waals surface area contributed by atoms with Crippen LogP contribution in [0.1, 0.15) is 5.56 Å². The summed E-state index contributed by atoms with van der Waals surface area (Å²) in [5.74, 6) is 1.01. The van der Waals surface area contributed by atoms with E-state index in [0.29, 0.717) is 0 Å². The van der Waals surface area contributed by atoms with Gasteiger partial charge >= 0.3 is 0 Å². The molecule has 0 saturated carbocycles. The molecule has 0 N–H and O–H groups in total. The minimum atomic E-state index is -0.388. The van der Waals surface area contributed by atoms with Gasteiger partial charge in [-0.1, -0.05) is 33.8 Å². The topological polar surface area (TPSA) is 58.7 Å². The number of aliphatic imine (C=N–C) groups is 1. The zero-order valence-corrected chi connectivity index (χ0v) is 13.4. The molecule has 0 aliphatic carbocycles. The predicted octanol–water partition coefficient (Wildman–Crippen LogP) is 3.85. The van der Waals surface area contributed by atoms with Gasteiger partial charge in [-0.2, -0.15) is 0 Å². The average molecular weight is 356 g/mol. The first kappa shape index (κ1) is 15.1. The number of thioether (sulfide) groups is 1. The van der Waals surface area contributed by atoms with E-state index in [4.69, 9.17) is 0 Å². The van der Waals surface area contributed by atoms with Gasteiger partial charge in [-0.3, -0.25) is 10.1 Å². The molecule has 0 atom stereocenters. The summed E-state index contributed by atoms with van der Waals surface area (Å²) in [4.78, 5) is 19.0. The monoisotopic (exact) mass is 355 g/mol. The smallest absolute Gasteiger partial charge is 0.269 e. The van der Waals surface area contributed by atoms with Gasteiger partial charge < -0.3 is 4.90 Å². The number of benzene rings is 1. The zero-order chi connectivity index (χ0) is 14.5. The van der Waals surface area contributed by atoms with E-state index >= 15 is 0 Å². The van der Waals surface area contributed by atoms with Crippen LogP contribution in [0.5, 0.6) is 0 Å². The summed E-state index contributed by atoms with van der Waals surface area (Å²) < 4.78 is 0. The number of aryl methyl sites for hydroxylation is 1. The van der Waals surface area contributed by atoms with Crippen molar-refractivity contribution in [3.05, 3.63) is 44.9 Å². The normalized spacial score (nSPS) is 17.3. The number of hydrogen-bond donors (Lipinski definition) is 0. The molecule has 1 aliphatic rings. The molecule has 20 heavy (non-hydrogen) atoms. The van der Waals surface area contributed by atoms with Crippen LogP contribution in [0.2, 0.25) is 0 Å². The number of halogens is 1. The number of nitrogens with zero attached hydrogens (tertiary/aromatic N) is 3. The highest BCUT2D eigenvalue weighted by molar-refractivity contribution is 9.11. The number of nitro groups is 1. The van der Waals surface area contributed by atoms with Crippen molar-refractivity contribution in [1.82, 2.24) is 4.90 Å². The maximum atomic E-state index is 10.7. The van der Waals surface area contributed by atoms with Gasteiger partial charge in [0.25, 0.3) is 5.69 Å². The lowest BCUT2D eigenvalue weighted by Gasteiger charge is -2.15. The predicted molar refractivity (Wildman–Crippen MR) is 87.0 cm³/mol. The lowest BCUT2D eigenvalue weighted by molar-refractivity contribution is -0.384. The van der Waals surface area contributed by atoms with Crippen LogP contribution in [-0.2, 0) is 0 Å². The summed E-state index contributed by atoms with van der Waals surface area (Å²) in [5.41, 5.74) is 1.70. The molecular weight excluding hydrogens is 342 g/mol. The number of nitro benzene ring substituents is 1. The molecule has 1 aromatic rings. The Morgan fingerprint density at radius 3 is 3.05 bits per heavy atom. The van der Waals surface area contributed by atoms with Crippen molar-refractivity contribution in [3.63, 3.8) is 0 Å². The molecule has 2 rings (SSSR count). The van der Waals surface area contributed by atoms with Crippen LogP contribution in [0.15, 0.2) is 34.3 Å². The van der Waals surface area contributed by atoms with Crippen molar-refractivity contribution in [1.29, 1.82) is 0 Å². The lowest BCUT2D eigenvalue weighted by Crippen LogP contribution is -2.24. The van der Waals surface area contributed by atoms with E-state index in [9.17, 15) is 10.1 Å². The molecule has 0 spiro atoms. The molecule has 0 bridgehead atoms. The molecule has 106 valence electrons. The Bertz CT molecular complexity index is 575. The molecule has 5 nitrogen and oxygen atoms in total. The zero-order valence-electron chi connectivity index (χ0n) is 11.0. The first-order chi connectivity index (χ1) is 9.61. The van der Waals surface area contributed by atoms with Gasteiger partial charge in [-0.05, 0) is 23.5 Å². The van der Waals surface area contributed by atoms with Crippen molar-refractivity contribution in [2.24, 2.45) is 4.99 Å². The third-order valence-electron chi connectivity index (χ3n) is 2.89. The molecule has 0 amide bonds. The summed E-state index contributed by atoms with van der Waals surface area (Å²) in [5, 5.41) is 11.7. The first-order valence-corrected chi connectivity index (χ1v) is 7.98. The van der Waals surface area contributed by atoms with Crippen LogP contribution in [0, 0.1) is 17.0 Å². The van der Waals surface area contributed by atoms with Crippen LogP contribution in [0.4, 0.5) is 11.4 Å². The summed E-state index contributed by atoms with van der Waals surface area (Å²) in [6.45, 7) is 3.62. The fraction of sp³-hybridized carbons (Fsp3) is 0.308. The fourth-order valence-electron chi connectivity index (χ4n) is 1.86. The van der Waals surface area contributed by atoms with E-state index in [1.54, 1.807) is 23.9 Å². The molecule has 7 heteroatoms. The Hall–Kier alpha value is -1.34. The number of rotatable bonds is 4. The van der Waals surface area contributed by atoms with Crippen LogP contribution in [0.3, 0.4) is 0 Å². The van der Waals surface area contributed by atoms with E-state index in [0.717, 1.165) is 35.3 Å². The van der Waals surface area contributed by atoms with Crippen LogP contribution >= 0.6 is 27.7 Å². The van der Waals surface area contributed by atoms with E-state index < -0.39 is 0 Å². The maximum Gasteiger partial charge on any atom is 0.269 e. The summed E-state index contributed by atoms with van der Waals surface area (Å²) >= 11 is 4.97. The second-order valence-corrected chi connectivity index (χ2v) is 5.87. The Morgan fingerprint density at radius 1 is 1.60 bits per heavy atom. The van der Waals surface area contributed by atoms with Gasteiger partial charge in [0.15, 0.2) is 5.17 Å².